The Labute approximate surface area is 96.8 Å². The second-order valence-corrected chi connectivity index (χ2v) is 3.64. The number of allylic oxidation sites excluding steroid dienone is 2. The third kappa shape index (κ3) is 1.99. The molecule has 0 spiro atoms. The molecule has 1 aliphatic carbocycles. The van der Waals surface area contributed by atoms with E-state index in [4.69, 9.17) is 0 Å². The van der Waals surface area contributed by atoms with E-state index in [1.54, 1.807) is 0 Å². The first-order valence-electron chi connectivity index (χ1n) is 4.86. The lowest BCUT2D eigenvalue weighted by Gasteiger charge is -2.17. The molecule has 0 saturated heterocycles. The van der Waals surface area contributed by atoms with Crippen LogP contribution in [-0.2, 0) is 0 Å². The first kappa shape index (κ1) is 11.5. The minimum absolute atomic E-state index is 0.0256. The summed E-state index contributed by atoms with van der Waals surface area (Å²) in [6.07, 6.45) is 2.37. The molecular formula is C13H9F2O2. The molecule has 2 rings (SSSR count). The van der Waals surface area contributed by atoms with Gasteiger partial charge in [0, 0.05) is 17.2 Å². The van der Waals surface area contributed by atoms with Crippen molar-refractivity contribution >= 4 is 5.57 Å². The van der Waals surface area contributed by atoms with Gasteiger partial charge in [-0.1, -0.05) is 6.58 Å². The predicted octanol–water partition coefficient (Wildman–Crippen LogP) is 2.50. The summed E-state index contributed by atoms with van der Waals surface area (Å²) >= 11 is 0. The fourth-order valence-corrected chi connectivity index (χ4v) is 1.55. The number of aromatic hydroxyl groups is 1. The molecule has 0 saturated carbocycles. The lowest BCUT2D eigenvalue weighted by Crippen LogP contribution is -2.13. The van der Waals surface area contributed by atoms with Crippen molar-refractivity contribution in [1.82, 2.24) is 0 Å². The summed E-state index contributed by atoms with van der Waals surface area (Å²) in [4.78, 5) is 0. The second kappa shape index (κ2) is 4.14. The van der Waals surface area contributed by atoms with Crippen LogP contribution in [-0.4, -0.2) is 16.3 Å². The summed E-state index contributed by atoms with van der Waals surface area (Å²) in [5.74, 6) is -1.86. The van der Waals surface area contributed by atoms with Crippen molar-refractivity contribution in [2.24, 2.45) is 0 Å². The molecule has 0 bridgehead atoms. The zero-order valence-corrected chi connectivity index (χ0v) is 8.74. The summed E-state index contributed by atoms with van der Waals surface area (Å²) in [5, 5.41) is 19.0. The molecule has 1 unspecified atom stereocenters. The highest BCUT2D eigenvalue weighted by Crippen LogP contribution is 2.34. The van der Waals surface area contributed by atoms with Gasteiger partial charge in [-0.2, -0.15) is 0 Å². The number of aliphatic hydroxyl groups excluding tert-OH is 1. The van der Waals surface area contributed by atoms with Crippen molar-refractivity contribution in [1.29, 1.82) is 0 Å². The Morgan fingerprint density at radius 1 is 1.29 bits per heavy atom. The largest absolute Gasteiger partial charge is 0.507 e. The van der Waals surface area contributed by atoms with Gasteiger partial charge < -0.3 is 10.2 Å². The highest BCUT2D eigenvalue weighted by molar-refractivity contribution is 5.81. The Morgan fingerprint density at radius 3 is 2.65 bits per heavy atom. The van der Waals surface area contributed by atoms with Crippen molar-refractivity contribution in [2.45, 2.75) is 6.10 Å². The maximum atomic E-state index is 13.8. The maximum absolute atomic E-state index is 13.8. The fourth-order valence-electron chi connectivity index (χ4n) is 1.55. The molecule has 87 valence electrons. The van der Waals surface area contributed by atoms with E-state index in [-0.39, 0.29) is 16.7 Å². The quantitative estimate of drug-likeness (QED) is 0.785. The van der Waals surface area contributed by atoms with Crippen LogP contribution in [0.25, 0.3) is 5.57 Å². The van der Waals surface area contributed by atoms with Gasteiger partial charge in [-0.3, -0.25) is 0 Å². The first-order chi connectivity index (χ1) is 8.00. The lowest BCUT2D eigenvalue weighted by atomic mass is 9.94. The fraction of sp³-hybridized carbons (Fsp3) is 0.0769. The number of benzene rings is 1. The van der Waals surface area contributed by atoms with Crippen LogP contribution in [0, 0.1) is 11.9 Å². The van der Waals surface area contributed by atoms with Gasteiger partial charge in [0.2, 0.25) is 0 Å². The molecule has 1 atom stereocenters. The number of halogens is 2. The van der Waals surface area contributed by atoms with Gasteiger partial charge in [-0.15, -0.1) is 0 Å². The molecule has 17 heavy (non-hydrogen) atoms. The predicted molar refractivity (Wildman–Crippen MR) is 59.1 cm³/mol. The third-order valence-corrected chi connectivity index (χ3v) is 2.48. The average Bonchev–Trinajstić information content (AvgIpc) is 2.28. The molecule has 2 N–H and O–H groups in total. The summed E-state index contributed by atoms with van der Waals surface area (Å²) in [6, 6.07) is 3.21. The van der Waals surface area contributed by atoms with Crippen molar-refractivity contribution in [3.05, 3.63) is 59.7 Å². The van der Waals surface area contributed by atoms with Crippen LogP contribution in [0.2, 0.25) is 0 Å². The molecule has 1 aromatic rings. The monoisotopic (exact) mass is 235 g/mol. The molecule has 0 aliphatic heterocycles. The van der Waals surface area contributed by atoms with Gasteiger partial charge in [0.25, 0.3) is 0 Å². The van der Waals surface area contributed by atoms with Crippen LogP contribution in [0.1, 0.15) is 5.56 Å². The van der Waals surface area contributed by atoms with Crippen LogP contribution >= 0.6 is 0 Å². The van der Waals surface area contributed by atoms with Gasteiger partial charge in [-0.05, 0) is 29.9 Å². The summed E-state index contributed by atoms with van der Waals surface area (Å²) in [6.45, 7) is 3.42. The summed E-state index contributed by atoms with van der Waals surface area (Å²) in [5.41, 5.74) is 0.179. The van der Waals surface area contributed by atoms with Crippen LogP contribution in [0.15, 0.2) is 42.3 Å². The Morgan fingerprint density at radius 2 is 2.00 bits per heavy atom. The molecule has 1 radical (unpaired) electrons. The molecule has 0 heterocycles. The van der Waals surface area contributed by atoms with E-state index in [1.165, 1.54) is 12.1 Å². The van der Waals surface area contributed by atoms with E-state index in [0.29, 0.717) is 0 Å². The van der Waals surface area contributed by atoms with Crippen molar-refractivity contribution in [3.63, 3.8) is 0 Å². The SMILES string of the molecule is C=C1[C]=CC(c2ccc(F)cc2O)=C(F)C1O. The standard InChI is InChI=1S/C13H9F2O2/c1-7-2-4-10(12(15)13(7)17)9-5-3-8(14)6-11(9)16/h3-6,13,16-17H,1H2. The van der Waals surface area contributed by atoms with Crippen LogP contribution < -0.4 is 0 Å². The zero-order chi connectivity index (χ0) is 12.6. The molecule has 0 amide bonds. The molecule has 0 fully saturated rings. The normalized spacial score (nSPS) is 19.9. The molecular weight excluding hydrogens is 226 g/mol. The van der Waals surface area contributed by atoms with E-state index in [1.807, 2.05) is 0 Å². The van der Waals surface area contributed by atoms with Crippen molar-refractivity contribution in [2.75, 3.05) is 0 Å². The van der Waals surface area contributed by atoms with E-state index in [9.17, 15) is 19.0 Å². The molecule has 1 aromatic carbocycles. The Kier molecular flexibility index (Phi) is 2.81. The number of hydrogen-bond donors (Lipinski definition) is 2. The first-order valence-corrected chi connectivity index (χ1v) is 4.86. The summed E-state index contributed by atoms with van der Waals surface area (Å²) in [7, 11) is 0. The van der Waals surface area contributed by atoms with Crippen LogP contribution in [0.4, 0.5) is 8.78 Å². The Bertz CT molecular complexity index is 544. The lowest BCUT2D eigenvalue weighted by molar-refractivity contribution is 0.219. The van der Waals surface area contributed by atoms with Gasteiger partial charge in [0.1, 0.15) is 23.5 Å². The van der Waals surface area contributed by atoms with Gasteiger partial charge in [-0.25, -0.2) is 8.78 Å². The van der Waals surface area contributed by atoms with E-state index >= 15 is 0 Å². The zero-order valence-electron chi connectivity index (χ0n) is 8.74. The van der Waals surface area contributed by atoms with Gasteiger partial charge >= 0.3 is 0 Å². The molecule has 0 aromatic heterocycles. The molecule has 1 aliphatic rings. The number of phenols is 1. The van der Waals surface area contributed by atoms with E-state index in [2.05, 4.69) is 12.7 Å². The number of hydrogen-bond acceptors (Lipinski definition) is 2. The summed E-state index contributed by atoms with van der Waals surface area (Å²) < 4.78 is 26.5. The Balaban J connectivity index is 2.54. The highest BCUT2D eigenvalue weighted by Gasteiger charge is 2.23. The van der Waals surface area contributed by atoms with E-state index in [0.717, 1.165) is 12.1 Å². The highest BCUT2D eigenvalue weighted by atomic mass is 19.1. The Hall–Kier alpha value is -1.94. The van der Waals surface area contributed by atoms with Gasteiger partial charge in [0.05, 0.1) is 0 Å². The van der Waals surface area contributed by atoms with Crippen molar-refractivity contribution < 1.29 is 19.0 Å². The minimum Gasteiger partial charge on any atom is -0.507 e. The number of phenolic OH excluding ortho intramolecular Hbond substituents is 1. The van der Waals surface area contributed by atoms with Crippen LogP contribution in [0.3, 0.4) is 0 Å². The maximum Gasteiger partial charge on any atom is 0.141 e. The molecule has 2 nitrogen and oxygen atoms in total. The number of rotatable bonds is 1. The van der Waals surface area contributed by atoms with Crippen molar-refractivity contribution in [3.8, 4) is 5.75 Å². The topological polar surface area (TPSA) is 40.5 Å². The van der Waals surface area contributed by atoms with Crippen LogP contribution in [0.5, 0.6) is 5.75 Å². The van der Waals surface area contributed by atoms with Gasteiger partial charge in [0.15, 0.2) is 0 Å². The van der Waals surface area contributed by atoms with E-state index < -0.39 is 23.5 Å². The smallest absolute Gasteiger partial charge is 0.141 e. The molecule has 4 heteroatoms. The second-order valence-electron chi connectivity index (χ2n) is 3.64. The third-order valence-electron chi connectivity index (χ3n) is 2.48. The average molecular weight is 235 g/mol. The number of aliphatic hydroxyl groups is 1. The minimum atomic E-state index is -1.47.